The minimum absolute atomic E-state index is 0. The van der Waals surface area contributed by atoms with Gasteiger partial charge in [0.05, 0.1) is 0 Å². The molecule has 15 heavy (non-hydrogen) atoms. The van der Waals surface area contributed by atoms with Crippen LogP contribution in [0.5, 0.6) is 0 Å². The van der Waals surface area contributed by atoms with Gasteiger partial charge in [-0.25, -0.2) is 0 Å². The molecule has 0 aromatic heterocycles. The van der Waals surface area contributed by atoms with Crippen LogP contribution in [-0.4, -0.2) is 57.2 Å². The van der Waals surface area contributed by atoms with Crippen LogP contribution in [-0.2, 0) is 0 Å². The molecule has 0 aromatic rings. The fraction of sp³-hybridized carbons (Fsp3) is 1.00. The number of hydrogen-bond donors (Lipinski definition) is 0. The van der Waals surface area contributed by atoms with Gasteiger partial charge in [0.25, 0.3) is 0 Å². The first-order valence-corrected chi connectivity index (χ1v) is 4.39. The summed E-state index contributed by atoms with van der Waals surface area (Å²) in [6, 6.07) is 0. The fourth-order valence-electron chi connectivity index (χ4n) is 0.757. The Hall–Kier alpha value is -0.0151. The van der Waals surface area contributed by atoms with Crippen molar-refractivity contribution in [2.75, 3.05) is 40.1 Å². The summed E-state index contributed by atoms with van der Waals surface area (Å²) < 4.78 is 0. The summed E-state index contributed by atoms with van der Waals surface area (Å²) in [4.78, 5) is 4.59. The quantitative estimate of drug-likeness (QED) is 0.633. The number of rotatable bonds is 6. The molecule has 1 radical (unpaired) electrons. The highest BCUT2D eigenvalue weighted by molar-refractivity contribution is 6.35. The molecule has 0 aliphatic rings. The summed E-state index contributed by atoms with van der Waals surface area (Å²) in [5.74, 6) is 0. The maximum atomic E-state index is 2.31. The highest BCUT2D eigenvalue weighted by Crippen LogP contribution is 1.81. The van der Waals surface area contributed by atoms with Gasteiger partial charge in [0.2, 0.25) is 0 Å². The molecule has 0 fully saturated rings. The van der Waals surface area contributed by atoms with Gasteiger partial charge in [-0.2, -0.15) is 0 Å². The molecule has 97 valence electrons. The highest BCUT2D eigenvalue weighted by atomic mass is 15.1. The maximum absolute atomic E-state index is 2.31. The van der Waals surface area contributed by atoms with Crippen molar-refractivity contribution in [2.45, 2.75) is 43.6 Å². The van der Waals surface area contributed by atoms with Crippen molar-refractivity contribution < 1.29 is 0 Å². The first-order chi connectivity index (χ1) is 5.20. The topological polar surface area (TPSA) is 6.48 Å². The van der Waals surface area contributed by atoms with Crippen molar-refractivity contribution in [3.63, 3.8) is 0 Å². The Kier molecular flexibility index (Phi) is 38.3. The van der Waals surface area contributed by atoms with Crippen LogP contribution in [0.4, 0.5) is 0 Å². The fourth-order valence-corrected chi connectivity index (χ4v) is 0.757. The van der Waals surface area contributed by atoms with E-state index < -0.39 is 0 Å². The molecule has 0 unspecified atom stereocenters. The first-order valence-electron chi connectivity index (χ1n) is 4.39. The van der Waals surface area contributed by atoms with Crippen molar-refractivity contribution in [3.05, 3.63) is 0 Å². The summed E-state index contributed by atoms with van der Waals surface area (Å²) in [5.41, 5.74) is 0. The lowest BCUT2D eigenvalue weighted by Gasteiger charge is -2.16. The SMILES string of the molecule is C.C.C.C.CCN(C)C[B]CN(C)CC. The van der Waals surface area contributed by atoms with Crippen molar-refractivity contribution in [1.29, 1.82) is 0 Å². The van der Waals surface area contributed by atoms with E-state index >= 15 is 0 Å². The lowest BCUT2D eigenvalue weighted by Crippen LogP contribution is -2.31. The van der Waals surface area contributed by atoms with Crippen LogP contribution < -0.4 is 0 Å². The summed E-state index contributed by atoms with van der Waals surface area (Å²) in [7, 11) is 6.60. The average molecular weight is 219 g/mol. The molecule has 0 spiro atoms. The Morgan fingerprint density at radius 3 is 1.20 bits per heavy atom. The van der Waals surface area contributed by atoms with Crippen molar-refractivity contribution in [1.82, 2.24) is 9.80 Å². The lowest BCUT2D eigenvalue weighted by molar-refractivity contribution is 0.388. The predicted molar refractivity (Wildman–Crippen MR) is 79.0 cm³/mol. The monoisotopic (exact) mass is 219 g/mol. The van der Waals surface area contributed by atoms with Gasteiger partial charge in [-0.3, -0.25) is 0 Å². The third-order valence-electron chi connectivity index (χ3n) is 1.96. The Morgan fingerprint density at radius 2 is 1.00 bits per heavy atom. The minimum Gasteiger partial charge on any atom is -0.315 e. The van der Waals surface area contributed by atoms with Crippen LogP contribution >= 0.6 is 0 Å². The molecule has 0 N–H and O–H groups in total. The van der Waals surface area contributed by atoms with E-state index in [0.717, 1.165) is 26.0 Å². The third kappa shape index (κ3) is 20.1. The van der Waals surface area contributed by atoms with E-state index in [1.54, 1.807) is 0 Å². The Balaban J connectivity index is -0.0000000833. The van der Waals surface area contributed by atoms with Gasteiger partial charge in [0.1, 0.15) is 7.28 Å². The Bertz CT molecular complexity index is 79.7. The smallest absolute Gasteiger partial charge is 0.147 e. The van der Waals surface area contributed by atoms with Crippen LogP contribution in [0.25, 0.3) is 0 Å². The van der Waals surface area contributed by atoms with E-state index in [-0.39, 0.29) is 29.7 Å². The average Bonchev–Trinajstić information content (AvgIpc) is 2.04. The Morgan fingerprint density at radius 1 is 0.733 bits per heavy atom. The van der Waals surface area contributed by atoms with Gasteiger partial charge < -0.3 is 9.80 Å². The number of hydrogen-bond acceptors (Lipinski definition) is 2. The van der Waals surface area contributed by atoms with E-state index in [1.807, 2.05) is 0 Å². The van der Waals surface area contributed by atoms with Crippen molar-refractivity contribution in [2.24, 2.45) is 0 Å². The van der Waals surface area contributed by atoms with Gasteiger partial charge in [0.15, 0.2) is 0 Å². The summed E-state index contributed by atoms with van der Waals surface area (Å²) in [5, 5.41) is 0. The van der Waals surface area contributed by atoms with E-state index in [0.29, 0.717) is 0 Å². The van der Waals surface area contributed by atoms with Crippen molar-refractivity contribution >= 4 is 7.28 Å². The van der Waals surface area contributed by atoms with E-state index in [4.69, 9.17) is 0 Å². The van der Waals surface area contributed by atoms with Crippen molar-refractivity contribution in [3.8, 4) is 0 Å². The molecule has 0 rings (SSSR count). The van der Waals surface area contributed by atoms with Crippen LogP contribution in [0.15, 0.2) is 0 Å². The van der Waals surface area contributed by atoms with E-state index in [1.165, 1.54) is 0 Å². The minimum atomic E-state index is 0. The molecule has 0 amide bonds. The first kappa shape index (κ1) is 29.4. The summed E-state index contributed by atoms with van der Waals surface area (Å²) in [6.07, 6.45) is 2.20. The van der Waals surface area contributed by atoms with Gasteiger partial charge in [0, 0.05) is 0 Å². The highest BCUT2D eigenvalue weighted by Gasteiger charge is 1.98. The zero-order valence-corrected chi connectivity index (χ0v) is 8.30. The Labute approximate surface area is 101 Å². The van der Waals surface area contributed by atoms with Gasteiger partial charge >= 0.3 is 0 Å². The molecule has 0 bridgehead atoms. The zero-order valence-electron chi connectivity index (χ0n) is 8.30. The molecule has 3 heteroatoms. The molecule has 0 aliphatic carbocycles. The summed E-state index contributed by atoms with van der Waals surface area (Å²) >= 11 is 0. The molecular weight excluding hydrogens is 183 g/mol. The predicted octanol–water partition coefficient (Wildman–Crippen LogP) is 3.05. The molecule has 0 saturated carbocycles. The standard InChI is InChI=1S/C8H20BN2.4CH4/c1-5-10(3)7-9-8-11(4)6-2;;;;/h5-8H2,1-4H3;4*1H4. The second-order valence-electron chi connectivity index (χ2n) is 3.00. The van der Waals surface area contributed by atoms with E-state index in [9.17, 15) is 0 Å². The normalized spacial score (nSPS) is 8.13. The largest absolute Gasteiger partial charge is 0.315 e. The van der Waals surface area contributed by atoms with Crippen LogP contribution in [0.1, 0.15) is 43.6 Å². The third-order valence-corrected chi connectivity index (χ3v) is 1.96. The second kappa shape index (κ2) is 19.5. The molecule has 0 heterocycles. The number of nitrogens with zero attached hydrogens (tertiary/aromatic N) is 2. The van der Waals surface area contributed by atoms with Gasteiger partial charge in [-0.15, -0.1) is 0 Å². The van der Waals surface area contributed by atoms with Crippen LogP contribution in [0, 0.1) is 0 Å². The maximum Gasteiger partial charge on any atom is 0.147 e. The molecule has 0 aliphatic heterocycles. The van der Waals surface area contributed by atoms with Gasteiger partial charge in [-0.1, -0.05) is 43.6 Å². The lowest BCUT2D eigenvalue weighted by atomic mass is 9.77. The zero-order chi connectivity index (χ0) is 8.69. The molecule has 0 atom stereocenters. The summed E-state index contributed by atoms with van der Waals surface area (Å²) in [6.45, 7) is 6.62. The second-order valence-corrected chi connectivity index (χ2v) is 3.00. The van der Waals surface area contributed by atoms with E-state index in [2.05, 4.69) is 45.0 Å². The molecule has 0 aromatic carbocycles. The molecular formula is C12H36BN2. The molecule has 2 nitrogen and oxygen atoms in total. The molecule has 0 saturated heterocycles. The van der Waals surface area contributed by atoms with Gasteiger partial charge in [-0.05, 0) is 40.1 Å². The van der Waals surface area contributed by atoms with Crippen LogP contribution in [0.3, 0.4) is 0 Å². The van der Waals surface area contributed by atoms with Crippen LogP contribution in [0.2, 0.25) is 0 Å².